The third-order valence-electron chi connectivity index (χ3n) is 6.46. The molecule has 0 bridgehead atoms. The van der Waals surface area contributed by atoms with Gasteiger partial charge in [-0.25, -0.2) is 0 Å². The van der Waals surface area contributed by atoms with E-state index in [0.29, 0.717) is 65.0 Å². The normalized spacial score (nSPS) is 14.1. The molecule has 2 aliphatic rings. The lowest BCUT2D eigenvalue weighted by Crippen LogP contribution is -2.39. The number of fused-ring (bicyclic) bond motifs is 2. The number of amides is 4. The van der Waals surface area contributed by atoms with Gasteiger partial charge >= 0.3 is 0 Å². The van der Waals surface area contributed by atoms with Gasteiger partial charge in [0.25, 0.3) is 17.7 Å². The van der Waals surface area contributed by atoms with E-state index in [1.54, 1.807) is 71.6 Å². The molecular formula is C29H26ClN3O6. The molecule has 4 amide bonds. The molecule has 0 saturated carbocycles. The van der Waals surface area contributed by atoms with Gasteiger partial charge in [-0.1, -0.05) is 23.7 Å². The molecular weight excluding hydrogens is 522 g/mol. The SMILES string of the molecule is O=C(CCCN1C(=O)c2ccccc2C1=O)Nc1ccc2c(c1)N(CCCOc1ccc(Cl)cc1)C(=O)CO2. The van der Waals surface area contributed by atoms with E-state index in [9.17, 15) is 19.2 Å². The van der Waals surface area contributed by atoms with E-state index in [1.807, 2.05) is 0 Å². The summed E-state index contributed by atoms with van der Waals surface area (Å²) < 4.78 is 11.3. The van der Waals surface area contributed by atoms with Crippen molar-refractivity contribution in [3.63, 3.8) is 0 Å². The Labute approximate surface area is 230 Å². The van der Waals surface area contributed by atoms with Crippen molar-refractivity contribution in [3.05, 3.63) is 82.9 Å². The highest BCUT2D eigenvalue weighted by Crippen LogP contribution is 2.35. The Balaban J connectivity index is 1.14. The molecule has 3 aromatic carbocycles. The largest absolute Gasteiger partial charge is 0.494 e. The Morgan fingerprint density at radius 2 is 1.59 bits per heavy atom. The smallest absolute Gasteiger partial charge is 0.265 e. The number of halogens is 1. The lowest BCUT2D eigenvalue weighted by atomic mass is 10.1. The summed E-state index contributed by atoms with van der Waals surface area (Å²) in [6.07, 6.45) is 1.03. The highest BCUT2D eigenvalue weighted by atomic mass is 35.5. The van der Waals surface area contributed by atoms with Gasteiger partial charge in [0.15, 0.2) is 6.61 Å². The van der Waals surface area contributed by atoms with Gasteiger partial charge in [-0.2, -0.15) is 0 Å². The number of carbonyl (C=O) groups excluding carboxylic acids is 4. The Hall–Kier alpha value is -4.37. The maximum absolute atomic E-state index is 12.6. The second-order valence-electron chi connectivity index (χ2n) is 9.13. The van der Waals surface area contributed by atoms with Crippen LogP contribution in [0.4, 0.5) is 11.4 Å². The number of rotatable bonds is 10. The van der Waals surface area contributed by atoms with Crippen molar-refractivity contribution >= 4 is 46.6 Å². The summed E-state index contributed by atoms with van der Waals surface area (Å²) in [5.74, 6) is 0.122. The second kappa shape index (κ2) is 11.6. The number of nitrogens with zero attached hydrogens (tertiary/aromatic N) is 2. The lowest BCUT2D eigenvalue weighted by Gasteiger charge is -2.30. The standard InChI is InChI=1S/C29H26ClN3O6/c30-19-8-11-21(12-9-19)38-16-4-15-32-24-17-20(10-13-25(24)39-18-27(32)35)31-26(34)7-3-14-33-28(36)22-5-1-2-6-23(22)29(33)37/h1-2,5-6,8-13,17H,3-4,7,14-16,18H2,(H,31,34). The molecule has 5 rings (SSSR count). The summed E-state index contributed by atoms with van der Waals surface area (Å²) in [6.45, 7) is 0.915. The van der Waals surface area contributed by atoms with E-state index in [4.69, 9.17) is 21.1 Å². The van der Waals surface area contributed by atoms with Gasteiger partial charge in [0.2, 0.25) is 5.91 Å². The van der Waals surface area contributed by atoms with Crippen LogP contribution >= 0.6 is 11.6 Å². The van der Waals surface area contributed by atoms with Crippen LogP contribution in [0.1, 0.15) is 40.0 Å². The van der Waals surface area contributed by atoms with Crippen molar-refractivity contribution < 1.29 is 28.7 Å². The quantitative estimate of drug-likeness (QED) is 0.295. The van der Waals surface area contributed by atoms with Gasteiger partial charge in [0.1, 0.15) is 11.5 Å². The van der Waals surface area contributed by atoms with Crippen molar-refractivity contribution in [1.82, 2.24) is 4.90 Å². The first-order chi connectivity index (χ1) is 18.9. The fraction of sp³-hybridized carbons (Fsp3) is 0.241. The van der Waals surface area contributed by atoms with E-state index in [0.717, 1.165) is 0 Å². The molecule has 0 aliphatic carbocycles. The van der Waals surface area contributed by atoms with Crippen LogP contribution in [0.3, 0.4) is 0 Å². The number of ether oxygens (including phenoxy) is 2. The van der Waals surface area contributed by atoms with Crippen molar-refractivity contribution in [2.45, 2.75) is 19.3 Å². The van der Waals surface area contributed by atoms with Crippen LogP contribution in [0, 0.1) is 0 Å². The molecule has 2 aliphatic heterocycles. The molecule has 10 heteroatoms. The zero-order valence-electron chi connectivity index (χ0n) is 21.0. The molecule has 0 aromatic heterocycles. The molecule has 0 spiro atoms. The summed E-state index contributed by atoms with van der Waals surface area (Å²) >= 11 is 5.90. The average molecular weight is 548 g/mol. The summed E-state index contributed by atoms with van der Waals surface area (Å²) in [4.78, 5) is 53.0. The number of anilines is 2. The number of hydrogen-bond donors (Lipinski definition) is 1. The highest BCUT2D eigenvalue weighted by Gasteiger charge is 2.34. The van der Waals surface area contributed by atoms with Crippen LogP contribution < -0.4 is 19.7 Å². The number of imide groups is 1. The minimum atomic E-state index is -0.339. The van der Waals surface area contributed by atoms with Gasteiger partial charge in [-0.3, -0.25) is 24.1 Å². The third-order valence-corrected chi connectivity index (χ3v) is 6.71. The fourth-order valence-electron chi connectivity index (χ4n) is 4.53. The lowest BCUT2D eigenvalue weighted by molar-refractivity contribution is -0.121. The van der Waals surface area contributed by atoms with E-state index in [-0.39, 0.29) is 43.2 Å². The second-order valence-corrected chi connectivity index (χ2v) is 9.57. The van der Waals surface area contributed by atoms with Crippen molar-refractivity contribution in [2.24, 2.45) is 0 Å². The Morgan fingerprint density at radius 3 is 2.31 bits per heavy atom. The summed E-state index contributed by atoms with van der Waals surface area (Å²) in [7, 11) is 0. The number of carbonyl (C=O) groups is 4. The maximum atomic E-state index is 12.6. The van der Waals surface area contributed by atoms with Crippen LogP contribution in [-0.4, -0.2) is 54.8 Å². The van der Waals surface area contributed by atoms with Crippen LogP contribution in [0.2, 0.25) is 5.02 Å². The summed E-state index contributed by atoms with van der Waals surface area (Å²) in [5.41, 5.74) is 1.86. The van der Waals surface area contributed by atoms with Crippen LogP contribution in [0.15, 0.2) is 66.7 Å². The number of benzene rings is 3. The third kappa shape index (κ3) is 5.88. The predicted octanol–water partition coefficient (Wildman–Crippen LogP) is 4.55. The van der Waals surface area contributed by atoms with E-state index >= 15 is 0 Å². The first-order valence-corrected chi connectivity index (χ1v) is 13.0. The molecule has 0 fully saturated rings. The zero-order chi connectivity index (χ0) is 27.4. The minimum absolute atomic E-state index is 0.0610. The molecule has 9 nitrogen and oxygen atoms in total. The first-order valence-electron chi connectivity index (χ1n) is 12.6. The molecule has 200 valence electrons. The Kier molecular flexibility index (Phi) is 7.79. The minimum Gasteiger partial charge on any atom is -0.494 e. The van der Waals surface area contributed by atoms with Crippen molar-refractivity contribution in [1.29, 1.82) is 0 Å². The van der Waals surface area contributed by atoms with Gasteiger partial charge in [0.05, 0.1) is 23.4 Å². The fourth-order valence-corrected chi connectivity index (χ4v) is 4.66. The molecule has 0 atom stereocenters. The van der Waals surface area contributed by atoms with Gasteiger partial charge in [0, 0.05) is 30.2 Å². The van der Waals surface area contributed by atoms with Crippen LogP contribution in [0.25, 0.3) is 0 Å². The molecule has 1 N–H and O–H groups in total. The Morgan fingerprint density at radius 1 is 0.897 bits per heavy atom. The predicted molar refractivity (Wildman–Crippen MR) is 146 cm³/mol. The van der Waals surface area contributed by atoms with E-state index in [1.165, 1.54) is 4.90 Å². The molecule has 2 heterocycles. The summed E-state index contributed by atoms with van der Waals surface area (Å²) in [5, 5.41) is 3.46. The monoisotopic (exact) mass is 547 g/mol. The topological polar surface area (TPSA) is 105 Å². The van der Waals surface area contributed by atoms with E-state index < -0.39 is 0 Å². The van der Waals surface area contributed by atoms with E-state index in [2.05, 4.69) is 5.32 Å². The van der Waals surface area contributed by atoms with Crippen molar-refractivity contribution in [3.8, 4) is 11.5 Å². The van der Waals surface area contributed by atoms with Crippen molar-refractivity contribution in [2.75, 3.05) is 36.5 Å². The van der Waals surface area contributed by atoms with Gasteiger partial charge in [-0.05, 0) is 67.4 Å². The molecule has 0 unspecified atom stereocenters. The zero-order valence-corrected chi connectivity index (χ0v) is 21.8. The highest BCUT2D eigenvalue weighted by molar-refractivity contribution is 6.30. The van der Waals surface area contributed by atoms with Gasteiger partial charge < -0.3 is 19.7 Å². The molecule has 39 heavy (non-hydrogen) atoms. The Bertz CT molecular complexity index is 1390. The number of nitrogens with one attached hydrogen (secondary N) is 1. The summed E-state index contributed by atoms with van der Waals surface area (Å²) in [6, 6.07) is 18.9. The first kappa shape index (κ1) is 26.2. The molecule has 0 radical (unpaired) electrons. The van der Waals surface area contributed by atoms with Crippen LogP contribution in [-0.2, 0) is 9.59 Å². The maximum Gasteiger partial charge on any atom is 0.265 e. The molecule has 3 aromatic rings. The van der Waals surface area contributed by atoms with Gasteiger partial charge in [-0.15, -0.1) is 0 Å². The van der Waals surface area contributed by atoms with Crippen LogP contribution in [0.5, 0.6) is 11.5 Å². The number of hydrogen-bond acceptors (Lipinski definition) is 6. The average Bonchev–Trinajstić information content (AvgIpc) is 3.18. The molecule has 0 saturated heterocycles.